The smallest absolute Gasteiger partial charge is 0.328 e. The summed E-state index contributed by atoms with van der Waals surface area (Å²) in [4.78, 5) is 55.1. The average Bonchev–Trinajstić information content (AvgIpc) is 2.38. The third kappa shape index (κ3) is 10.9. The number of amides is 2. The first-order valence-electron chi connectivity index (χ1n) is 5.78. The van der Waals surface area contributed by atoms with Gasteiger partial charge in [0.05, 0.1) is 11.5 Å². The van der Waals surface area contributed by atoms with E-state index in [1.807, 2.05) is 0 Å². The summed E-state index contributed by atoms with van der Waals surface area (Å²) in [7, 11) is 0. The summed E-state index contributed by atoms with van der Waals surface area (Å²) in [5.74, 6) is -2.73. The van der Waals surface area contributed by atoms with Gasteiger partial charge < -0.3 is 15.7 Å². The molecule has 21 heavy (non-hydrogen) atoms. The topological polar surface area (TPSA) is 130 Å². The Balaban J connectivity index is 4.21. The van der Waals surface area contributed by atoms with Gasteiger partial charge in [-0.05, 0) is 0 Å². The summed E-state index contributed by atoms with van der Waals surface area (Å²) < 4.78 is 0. The highest BCUT2D eigenvalue weighted by Gasteiger charge is 2.21. The Hall–Kier alpha value is -1.55. The van der Waals surface area contributed by atoms with Gasteiger partial charge in [-0.25, -0.2) is 4.79 Å². The molecule has 10 heteroatoms. The molecule has 0 saturated heterocycles. The van der Waals surface area contributed by atoms with Gasteiger partial charge in [0, 0.05) is 20.4 Å². The maximum atomic E-state index is 11.4. The number of hydrogen-bond acceptors (Lipinski definition) is 7. The highest BCUT2D eigenvalue weighted by molar-refractivity contribution is 8.14. The molecular formula is C11H16N2O6S2. The van der Waals surface area contributed by atoms with Crippen LogP contribution in [0.1, 0.15) is 13.8 Å². The predicted octanol–water partition coefficient (Wildman–Crippen LogP) is -0.769. The second-order valence-electron chi connectivity index (χ2n) is 3.82. The van der Waals surface area contributed by atoms with Crippen molar-refractivity contribution < 1.29 is 29.1 Å². The number of rotatable bonds is 8. The number of hydrogen-bond donors (Lipinski definition) is 3. The zero-order valence-electron chi connectivity index (χ0n) is 11.5. The minimum atomic E-state index is -1.31. The molecule has 1 atom stereocenters. The second-order valence-corrected chi connectivity index (χ2v) is 6.13. The molecule has 0 spiro atoms. The number of carbonyl (C=O) groups is 5. The van der Waals surface area contributed by atoms with Gasteiger partial charge in [0.2, 0.25) is 11.8 Å². The van der Waals surface area contributed by atoms with Gasteiger partial charge in [0.1, 0.15) is 6.04 Å². The summed E-state index contributed by atoms with van der Waals surface area (Å²) in [6.07, 6.45) is 0. The normalized spacial score (nSPS) is 11.3. The SMILES string of the molecule is CC(=O)SCC(=O)NC[C@H](NC(=O)CSC(C)=O)C(=O)O. The summed E-state index contributed by atoms with van der Waals surface area (Å²) in [6.45, 7) is 2.30. The molecule has 0 bridgehead atoms. The Labute approximate surface area is 129 Å². The van der Waals surface area contributed by atoms with Crippen molar-refractivity contribution in [1.29, 1.82) is 0 Å². The number of carboxylic acid groups (broad SMARTS) is 1. The van der Waals surface area contributed by atoms with Crippen LogP contribution in [0.5, 0.6) is 0 Å². The molecule has 118 valence electrons. The van der Waals surface area contributed by atoms with Crippen molar-refractivity contribution in [2.24, 2.45) is 0 Å². The van der Waals surface area contributed by atoms with Crippen LogP contribution in [-0.4, -0.2) is 57.2 Å². The van der Waals surface area contributed by atoms with Crippen molar-refractivity contribution in [2.75, 3.05) is 18.1 Å². The number of thioether (sulfide) groups is 2. The van der Waals surface area contributed by atoms with Crippen LogP contribution in [0.25, 0.3) is 0 Å². The number of aliphatic carboxylic acids is 1. The van der Waals surface area contributed by atoms with E-state index in [9.17, 15) is 24.0 Å². The fourth-order valence-electron chi connectivity index (χ4n) is 1.04. The first-order chi connectivity index (χ1) is 9.72. The van der Waals surface area contributed by atoms with Crippen LogP contribution < -0.4 is 10.6 Å². The molecule has 0 aromatic rings. The Morgan fingerprint density at radius 3 is 1.86 bits per heavy atom. The lowest BCUT2D eigenvalue weighted by Gasteiger charge is -2.14. The van der Waals surface area contributed by atoms with Gasteiger partial charge >= 0.3 is 5.97 Å². The van der Waals surface area contributed by atoms with Crippen molar-refractivity contribution in [2.45, 2.75) is 19.9 Å². The fraction of sp³-hybridized carbons (Fsp3) is 0.545. The van der Waals surface area contributed by atoms with Crippen LogP contribution in [0.2, 0.25) is 0 Å². The molecule has 3 N–H and O–H groups in total. The van der Waals surface area contributed by atoms with Crippen LogP contribution in [-0.2, 0) is 24.0 Å². The van der Waals surface area contributed by atoms with Crippen molar-refractivity contribution in [3.63, 3.8) is 0 Å². The molecule has 0 heterocycles. The van der Waals surface area contributed by atoms with Crippen molar-refractivity contribution >= 4 is 51.5 Å². The first-order valence-corrected chi connectivity index (χ1v) is 7.75. The molecule has 2 amide bonds. The molecule has 0 aromatic heterocycles. The maximum Gasteiger partial charge on any atom is 0.328 e. The zero-order valence-corrected chi connectivity index (χ0v) is 13.1. The molecule has 0 rings (SSSR count). The van der Waals surface area contributed by atoms with E-state index in [1.54, 1.807) is 0 Å². The minimum absolute atomic E-state index is 0.115. The minimum Gasteiger partial charge on any atom is -0.480 e. The Bertz CT molecular complexity index is 440. The maximum absolute atomic E-state index is 11.4. The lowest BCUT2D eigenvalue weighted by Crippen LogP contribution is -2.49. The lowest BCUT2D eigenvalue weighted by molar-refractivity contribution is -0.141. The highest BCUT2D eigenvalue weighted by Crippen LogP contribution is 2.01. The third-order valence-electron chi connectivity index (χ3n) is 1.95. The number of carboxylic acids is 1. The molecular weight excluding hydrogens is 320 g/mol. The van der Waals surface area contributed by atoms with Crippen LogP contribution in [0.4, 0.5) is 0 Å². The summed E-state index contributed by atoms with van der Waals surface area (Å²) in [5, 5.41) is 12.9. The van der Waals surface area contributed by atoms with Gasteiger partial charge in [-0.3, -0.25) is 19.2 Å². The summed E-state index contributed by atoms with van der Waals surface area (Å²) in [6, 6.07) is -1.30. The zero-order chi connectivity index (χ0) is 16.4. The molecule has 0 aromatic carbocycles. The molecule has 0 radical (unpaired) electrons. The van der Waals surface area contributed by atoms with Crippen molar-refractivity contribution in [3.8, 4) is 0 Å². The van der Waals surface area contributed by atoms with Gasteiger partial charge in [-0.1, -0.05) is 23.5 Å². The van der Waals surface area contributed by atoms with Crippen LogP contribution in [0.15, 0.2) is 0 Å². The Morgan fingerprint density at radius 1 is 0.952 bits per heavy atom. The summed E-state index contributed by atoms with van der Waals surface area (Å²) >= 11 is 1.55. The molecule has 0 unspecified atom stereocenters. The molecule has 8 nitrogen and oxygen atoms in total. The largest absolute Gasteiger partial charge is 0.480 e. The summed E-state index contributed by atoms with van der Waals surface area (Å²) in [5.41, 5.74) is 0. The van der Waals surface area contributed by atoms with Crippen LogP contribution >= 0.6 is 23.5 Å². The molecule has 0 aliphatic carbocycles. The van der Waals surface area contributed by atoms with Crippen molar-refractivity contribution in [1.82, 2.24) is 10.6 Å². The number of carbonyl (C=O) groups excluding carboxylic acids is 4. The quantitative estimate of drug-likeness (QED) is 0.527. The number of nitrogens with one attached hydrogen (secondary N) is 2. The van der Waals surface area contributed by atoms with Gasteiger partial charge in [-0.2, -0.15) is 0 Å². The highest BCUT2D eigenvalue weighted by atomic mass is 32.2. The average molecular weight is 336 g/mol. The van der Waals surface area contributed by atoms with E-state index in [1.165, 1.54) is 13.8 Å². The molecule has 0 aliphatic heterocycles. The van der Waals surface area contributed by atoms with Gasteiger partial charge in [-0.15, -0.1) is 0 Å². The van der Waals surface area contributed by atoms with E-state index in [2.05, 4.69) is 10.6 Å². The van der Waals surface area contributed by atoms with Crippen molar-refractivity contribution in [3.05, 3.63) is 0 Å². The van der Waals surface area contributed by atoms with E-state index in [0.29, 0.717) is 0 Å². The van der Waals surface area contributed by atoms with E-state index in [0.717, 1.165) is 23.5 Å². The molecule has 0 fully saturated rings. The fourth-order valence-corrected chi connectivity index (χ4v) is 1.89. The van der Waals surface area contributed by atoms with Crippen LogP contribution in [0.3, 0.4) is 0 Å². The predicted molar refractivity (Wildman–Crippen MR) is 78.9 cm³/mol. The van der Waals surface area contributed by atoms with E-state index in [4.69, 9.17) is 5.11 Å². The molecule has 0 aliphatic rings. The van der Waals surface area contributed by atoms with E-state index < -0.39 is 23.8 Å². The standard InChI is InChI=1S/C11H16N2O6S2/c1-6(14)20-4-9(16)12-3-8(11(18)19)13-10(17)5-21-7(2)15/h8H,3-5H2,1-2H3,(H,12,16)(H,13,17)(H,18,19)/t8-/m0/s1. The van der Waals surface area contributed by atoms with E-state index in [-0.39, 0.29) is 28.3 Å². The Kier molecular flexibility index (Phi) is 9.46. The van der Waals surface area contributed by atoms with Crippen LogP contribution in [0, 0.1) is 0 Å². The second kappa shape index (κ2) is 10.2. The molecule has 0 saturated carbocycles. The lowest BCUT2D eigenvalue weighted by atomic mass is 10.3. The monoisotopic (exact) mass is 336 g/mol. The van der Waals surface area contributed by atoms with Gasteiger partial charge in [0.15, 0.2) is 10.2 Å². The first kappa shape index (κ1) is 19.4. The Morgan fingerprint density at radius 2 is 1.43 bits per heavy atom. The van der Waals surface area contributed by atoms with Gasteiger partial charge in [0.25, 0.3) is 0 Å². The van der Waals surface area contributed by atoms with E-state index >= 15 is 0 Å². The third-order valence-corrected chi connectivity index (χ3v) is 3.58.